The zero-order valence-corrected chi connectivity index (χ0v) is 11.4. The smallest absolute Gasteiger partial charge is 0.256 e. The van der Waals surface area contributed by atoms with Crippen molar-refractivity contribution in [2.24, 2.45) is 0 Å². The van der Waals surface area contributed by atoms with Crippen molar-refractivity contribution in [3.05, 3.63) is 51.6 Å². The Morgan fingerprint density at radius 1 is 1.33 bits per heavy atom. The quantitative estimate of drug-likeness (QED) is 0.888. The van der Waals surface area contributed by atoms with Crippen LogP contribution in [0.15, 0.2) is 41.0 Å². The molecule has 2 rings (SSSR count). The number of phenols is 1. The number of carbonyl (C=O) groups is 1. The first-order chi connectivity index (χ1) is 8.56. The maximum Gasteiger partial charge on any atom is 0.256 e. The second-order valence-corrected chi connectivity index (χ2v) is 4.77. The molecule has 1 amide bonds. The predicted octanol–water partition coefficient (Wildman–Crippen LogP) is 3.46. The van der Waals surface area contributed by atoms with E-state index in [-0.39, 0.29) is 11.7 Å². The zero-order chi connectivity index (χ0) is 13.1. The highest BCUT2D eigenvalue weighted by atomic mass is 79.9. The fourth-order valence-corrected chi connectivity index (χ4v) is 1.65. The number of phenolic OH excluding ortho intramolecular Hbond substituents is 1. The van der Waals surface area contributed by atoms with Gasteiger partial charge in [0, 0.05) is 11.8 Å². The lowest BCUT2D eigenvalue weighted by molar-refractivity contribution is 0.102. The summed E-state index contributed by atoms with van der Waals surface area (Å²) in [5.41, 5.74) is 0.340. The molecule has 0 aliphatic carbocycles. The van der Waals surface area contributed by atoms with E-state index < -0.39 is 0 Å². The molecule has 1 heterocycles. The molecule has 0 radical (unpaired) electrons. The summed E-state index contributed by atoms with van der Waals surface area (Å²) < 4.78 is 0.531. The van der Waals surface area contributed by atoms with Gasteiger partial charge in [0.25, 0.3) is 5.91 Å². The van der Waals surface area contributed by atoms with Gasteiger partial charge in [-0.3, -0.25) is 4.79 Å². The highest BCUT2D eigenvalue weighted by molar-refractivity contribution is 9.10. The summed E-state index contributed by atoms with van der Waals surface area (Å²) in [5, 5.41) is 12.6. The van der Waals surface area contributed by atoms with Crippen molar-refractivity contribution in [2.75, 3.05) is 5.32 Å². The highest BCUT2D eigenvalue weighted by Crippen LogP contribution is 2.24. The molecular weight excluding hydrogens is 320 g/mol. The molecule has 0 spiro atoms. The van der Waals surface area contributed by atoms with Crippen molar-refractivity contribution in [3.63, 3.8) is 0 Å². The van der Waals surface area contributed by atoms with E-state index in [1.807, 2.05) is 0 Å². The van der Waals surface area contributed by atoms with Gasteiger partial charge in [0.2, 0.25) is 0 Å². The number of halogens is 2. The molecule has 0 saturated carbocycles. The van der Waals surface area contributed by atoms with Gasteiger partial charge in [0.1, 0.15) is 11.6 Å². The fraction of sp³-hybridized carbons (Fsp3) is 0. The van der Waals surface area contributed by atoms with Gasteiger partial charge < -0.3 is 10.4 Å². The number of nitrogens with one attached hydrogen (secondary N) is 1. The van der Waals surface area contributed by atoms with Gasteiger partial charge in [-0.15, -0.1) is 0 Å². The van der Waals surface area contributed by atoms with Crippen molar-refractivity contribution in [1.82, 2.24) is 4.98 Å². The fourth-order valence-electron chi connectivity index (χ4n) is 1.29. The number of anilines is 1. The summed E-state index contributed by atoms with van der Waals surface area (Å²) in [5.74, 6) is 0.0474. The molecule has 0 bridgehead atoms. The van der Waals surface area contributed by atoms with Gasteiger partial charge in [-0.05, 0) is 46.3 Å². The van der Waals surface area contributed by atoms with Gasteiger partial charge in [0.05, 0.1) is 9.50 Å². The number of hydrogen-bond acceptors (Lipinski definition) is 3. The molecular formula is C12H8BrClN2O2. The minimum atomic E-state index is -0.354. The molecule has 0 atom stereocenters. The molecule has 2 N–H and O–H groups in total. The number of benzene rings is 1. The number of pyridine rings is 1. The van der Waals surface area contributed by atoms with Crippen LogP contribution in [0.1, 0.15) is 10.4 Å². The minimum absolute atomic E-state index is 0.00622. The maximum absolute atomic E-state index is 11.9. The second-order valence-electron chi connectivity index (χ2n) is 3.48. The predicted molar refractivity (Wildman–Crippen MR) is 73.0 cm³/mol. The molecule has 18 heavy (non-hydrogen) atoms. The van der Waals surface area contributed by atoms with Crippen LogP contribution in [0, 0.1) is 0 Å². The summed E-state index contributed by atoms with van der Waals surface area (Å²) in [6, 6.07) is 7.78. The van der Waals surface area contributed by atoms with Gasteiger partial charge in [-0.1, -0.05) is 11.6 Å². The molecule has 0 fully saturated rings. The average molecular weight is 328 g/mol. The Labute approximate surface area is 117 Å². The van der Waals surface area contributed by atoms with E-state index in [0.29, 0.717) is 20.9 Å². The van der Waals surface area contributed by atoms with Crippen LogP contribution in [-0.4, -0.2) is 16.0 Å². The Balaban J connectivity index is 2.16. The summed E-state index contributed by atoms with van der Waals surface area (Å²) in [7, 11) is 0. The second kappa shape index (κ2) is 5.37. The van der Waals surface area contributed by atoms with E-state index in [4.69, 9.17) is 11.6 Å². The Hall–Kier alpha value is -1.59. The topological polar surface area (TPSA) is 62.2 Å². The molecule has 0 aliphatic rings. The summed E-state index contributed by atoms with van der Waals surface area (Å²) in [4.78, 5) is 15.8. The third kappa shape index (κ3) is 3.00. The van der Waals surface area contributed by atoms with E-state index in [1.165, 1.54) is 12.3 Å². The van der Waals surface area contributed by atoms with Crippen LogP contribution in [0.2, 0.25) is 5.02 Å². The van der Waals surface area contributed by atoms with Gasteiger partial charge >= 0.3 is 0 Å². The van der Waals surface area contributed by atoms with Gasteiger partial charge in [-0.2, -0.15) is 0 Å². The molecule has 2 aromatic rings. The lowest BCUT2D eigenvalue weighted by Crippen LogP contribution is -2.12. The molecule has 0 aliphatic heterocycles. The number of aromatic nitrogens is 1. The monoisotopic (exact) mass is 326 g/mol. The standard InChI is InChI=1S/C12H8BrClN2O2/c13-9-3-1-7(5-10(9)17)12(18)16-11-4-2-8(14)6-15-11/h1-6,17H,(H,15,16,18). The number of amides is 1. The van der Waals surface area contributed by atoms with E-state index >= 15 is 0 Å². The van der Waals surface area contributed by atoms with Crippen LogP contribution in [0.25, 0.3) is 0 Å². The van der Waals surface area contributed by atoms with Gasteiger partial charge in [-0.25, -0.2) is 4.98 Å². The first-order valence-corrected chi connectivity index (χ1v) is 6.15. The van der Waals surface area contributed by atoms with Crippen LogP contribution < -0.4 is 5.32 Å². The number of hydrogen-bond donors (Lipinski definition) is 2. The summed E-state index contributed by atoms with van der Waals surface area (Å²) >= 11 is 8.83. The van der Waals surface area contributed by atoms with Crippen LogP contribution in [0.3, 0.4) is 0 Å². The van der Waals surface area contributed by atoms with Crippen LogP contribution >= 0.6 is 27.5 Å². The number of rotatable bonds is 2. The van der Waals surface area contributed by atoms with Crippen molar-refractivity contribution in [1.29, 1.82) is 0 Å². The maximum atomic E-state index is 11.9. The summed E-state index contributed by atoms with van der Waals surface area (Å²) in [6.07, 6.45) is 1.44. The number of nitrogens with zero attached hydrogens (tertiary/aromatic N) is 1. The molecule has 1 aromatic carbocycles. The van der Waals surface area contributed by atoms with E-state index in [9.17, 15) is 9.90 Å². The molecule has 6 heteroatoms. The van der Waals surface area contributed by atoms with E-state index in [2.05, 4.69) is 26.2 Å². The summed E-state index contributed by atoms with van der Waals surface area (Å²) in [6.45, 7) is 0. The van der Waals surface area contributed by atoms with Crippen molar-refractivity contribution in [3.8, 4) is 5.75 Å². The normalized spacial score (nSPS) is 10.1. The largest absolute Gasteiger partial charge is 0.507 e. The minimum Gasteiger partial charge on any atom is -0.507 e. The third-order valence-corrected chi connectivity index (χ3v) is 3.07. The lowest BCUT2D eigenvalue weighted by atomic mass is 10.2. The van der Waals surface area contributed by atoms with Gasteiger partial charge in [0.15, 0.2) is 0 Å². The molecule has 92 valence electrons. The molecule has 0 saturated heterocycles. The molecule has 4 nitrogen and oxygen atoms in total. The third-order valence-electron chi connectivity index (χ3n) is 2.18. The average Bonchev–Trinajstić information content (AvgIpc) is 2.35. The number of carbonyl (C=O) groups excluding carboxylic acids is 1. The van der Waals surface area contributed by atoms with Crippen LogP contribution in [-0.2, 0) is 0 Å². The molecule has 0 unspecified atom stereocenters. The van der Waals surface area contributed by atoms with E-state index in [1.54, 1.807) is 24.3 Å². The van der Waals surface area contributed by atoms with Crippen molar-refractivity contribution in [2.45, 2.75) is 0 Å². The van der Waals surface area contributed by atoms with Crippen molar-refractivity contribution >= 4 is 39.3 Å². The lowest BCUT2D eigenvalue weighted by Gasteiger charge is -2.05. The Kier molecular flexibility index (Phi) is 3.84. The zero-order valence-electron chi connectivity index (χ0n) is 9.02. The van der Waals surface area contributed by atoms with Crippen LogP contribution in [0.5, 0.6) is 5.75 Å². The highest BCUT2D eigenvalue weighted by Gasteiger charge is 2.09. The first-order valence-electron chi connectivity index (χ1n) is 4.97. The Morgan fingerprint density at radius 2 is 2.11 bits per heavy atom. The van der Waals surface area contributed by atoms with E-state index in [0.717, 1.165) is 0 Å². The number of aromatic hydroxyl groups is 1. The van der Waals surface area contributed by atoms with Crippen LogP contribution in [0.4, 0.5) is 5.82 Å². The molecule has 1 aromatic heterocycles. The Morgan fingerprint density at radius 3 is 2.72 bits per heavy atom. The SMILES string of the molecule is O=C(Nc1ccc(Cl)cn1)c1ccc(Br)c(O)c1. The first kappa shape index (κ1) is 12.9. The van der Waals surface area contributed by atoms with Crippen molar-refractivity contribution < 1.29 is 9.90 Å². The Bertz CT molecular complexity index is 587.